The Kier molecular flexibility index (Phi) is 3.76. The van der Waals surface area contributed by atoms with Crippen LogP contribution in [-0.4, -0.2) is 31.1 Å². The third-order valence-corrected chi connectivity index (χ3v) is 1.97. The Hall–Kier alpha value is -0.0800. The van der Waals surface area contributed by atoms with Crippen LogP contribution < -0.4 is 0 Å². The highest BCUT2D eigenvalue weighted by Crippen LogP contribution is 2.07. The molecule has 2 nitrogen and oxygen atoms in total. The summed E-state index contributed by atoms with van der Waals surface area (Å²) in [6, 6.07) is 0. The maximum atomic E-state index is 4.92. The first kappa shape index (κ1) is 8.02. The molecule has 0 aromatic carbocycles. The fourth-order valence-electron chi connectivity index (χ4n) is 1.36. The topological polar surface area (TPSA) is 12.5 Å². The standard InChI is InChI=1S/C8H15NO/c1-10-8-7-9-5-3-2-4-6-9/h1H,2-8H2. The van der Waals surface area contributed by atoms with Crippen LogP contribution >= 0.6 is 0 Å². The predicted molar refractivity (Wildman–Crippen MR) is 40.5 cm³/mol. The minimum atomic E-state index is 0.667. The summed E-state index contributed by atoms with van der Waals surface area (Å²) < 4.78 is 4.50. The second kappa shape index (κ2) is 4.69. The van der Waals surface area contributed by atoms with Crippen LogP contribution in [-0.2, 0) is 4.74 Å². The fourth-order valence-corrected chi connectivity index (χ4v) is 1.36. The molecule has 1 aliphatic heterocycles. The molecule has 0 saturated carbocycles. The number of hydrogen-bond acceptors (Lipinski definition) is 2. The van der Waals surface area contributed by atoms with E-state index < -0.39 is 0 Å². The van der Waals surface area contributed by atoms with Crippen molar-refractivity contribution in [2.24, 2.45) is 0 Å². The summed E-state index contributed by atoms with van der Waals surface area (Å²) in [6.07, 6.45) is 4.06. The van der Waals surface area contributed by atoms with E-state index in [0.717, 1.165) is 6.54 Å². The van der Waals surface area contributed by atoms with E-state index in [1.54, 1.807) is 0 Å². The Balaban J connectivity index is 2.02. The fraction of sp³-hybridized carbons (Fsp3) is 0.875. The predicted octanol–water partition coefficient (Wildman–Crippen LogP) is 1.16. The van der Waals surface area contributed by atoms with Gasteiger partial charge in [-0.25, -0.2) is 0 Å². The van der Waals surface area contributed by atoms with Crippen LogP contribution in [0.5, 0.6) is 0 Å². The Labute approximate surface area is 63.2 Å². The van der Waals surface area contributed by atoms with Gasteiger partial charge in [-0.3, -0.25) is 0 Å². The number of nitrogens with zero attached hydrogens (tertiary/aromatic N) is 1. The van der Waals surface area contributed by atoms with Crippen molar-refractivity contribution in [3.63, 3.8) is 0 Å². The van der Waals surface area contributed by atoms with Crippen molar-refractivity contribution in [1.82, 2.24) is 4.90 Å². The first-order valence-corrected chi connectivity index (χ1v) is 3.97. The zero-order valence-electron chi connectivity index (χ0n) is 6.38. The molecule has 10 heavy (non-hydrogen) atoms. The zero-order valence-corrected chi connectivity index (χ0v) is 6.38. The molecule has 0 spiro atoms. The largest absolute Gasteiger partial charge is 0.371 e. The van der Waals surface area contributed by atoms with Crippen LogP contribution in [0.3, 0.4) is 0 Å². The molecule has 58 valence electrons. The van der Waals surface area contributed by atoms with E-state index in [1.807, 2.05) is 0 Å². The van der Waals surface area contributed by atoms with E-state index in [1.165, 1.54) is 32.4 Å². The third-order valence-electron chi connectivity index (χ3n) is 1.97. The van der Waals surface area contributed by atoms with E-state index in [0.29, 0.717) is 6.61 Å². The van der Waals surface area contributed by atoms with Gasteiger partial charge in [0.05, 0.1) is 6.61 Å². The van der Waals surface area contributed by atoms with Gasteiger partial charge in [-0.1, -0.05) is 6.42 Å². The number of likely N-dealkylation sites (tertiary alicyclic amines) is 1. The molecule has 1 fully saturated rings. The van der Waals surface area contributed by atoms with Crippen molar-refractivity contribution in [3.8, 4) is 0 Å². The molecule has 0 aromatic heterocycles. The van der Waals surface area contributed by atoms with Crippen molar-refractivity contribution >= 4 is 0 Å². The lowest BCUT2D eigenvalue weighted by atomic mass is 10.1. The highest BCUT2D eigenvalue weighted by Gasteiger charge is 2.08. The van der Waals surface area contributed by atoms with Gasteiger partial charge in [-0.05, 0) is 25.9 Å². The first-order valence-electron chi connectivity index (χ1n) is 3.97. The normalized spacial score (nSPS) is 21.3. The van der Waals surface area contributed by atoms with Crippen molar-refractivity contribution in [2.75, 3.05) is 26.2 Å². The van der Waals surface area contributed by atoms with Gasteiger partial charge in [-0.2, -0.15) is 0 Å². The molecular weight excluding hydrogens is 126 g/mol. The maximum absolute atomic E-state index is 4.92. The van der Waals surface area contributed by atoms with Gasteiger partial charge in [0.15, 0.2) is 0 Å². The summed E-state index contributed by atoms with van der Waals surface area (Å²) >= 11 is 0. The van der Waals surface area contributed by atoms with E-state index in [-0.39, 0.29) is 0 Å². The molecule has 1 saturated heterocycles. The Morgan fingerprint density at radius 2 is 1.90 bits per heavy atom. The number of hydrogen-bond donors (Lipinski definition) is 0. The van der Waals surface area contributed by atoms with Crippen LogP contribution in [0.25, 0.3) is 0 Å². The van der Waals surface area contributed by atoms with Gasteiger partial charge >= 0.3 is 0 Å². The van der Waals surface area contributed by atoms with Crippen molar-refractivity contribution in [3.05, 3.63) is 7.11 Å². The molecule has 0 aromatic rings. The van der Waals surface area contributed by atoms with Crippen molar-refractivity contribution in [2.45, 2.75) is 19.3 Å². The van der Waals surface area contributed by atoms with Gasteiger partial charge in [0.2, 0.25) is 0 Å². The molecule has 0 amide bonds. The molecule has 0 aliphatic carbocycles. The van der Waals surface area contributed by atoms with E-state index >= 15 is 0 Å². The number of piperidine rings is 1. The number of rotatable bonds is 3. The molecular formula is C8H15NO. The summed E-state index contributed by atoms with van der Waals surface area (Å²) in [7, 11) is 4.92. The summed E-state index contributed by atoms with van der Waals surface area (Å²) in [6.45, 7) is 4.11. The molecule has 2 radical (unpaired) electrons. The molecule has 0 unspecified atom stereocenters. The Bertz CT molecular complexity index is 79.3. The monoisotopic (exact) mass is 141 g/mol. The van der Waals surface area contributed by atoms with Crippen LogP contribution in [0.2, 0.25) is 0 Å². The van der Waals surface area contributed by atoms with Crippen molar-refractivity contribution in [1.29, 1.82) is 0 Å². The lowest BCUT2D eigenvalue weighted by molar-refractivity contribution is 0.156. The molecule has 0 N–H and O–H groups in total. The Morgan fingerprint density at radius 3 is 2.50 bits per heavy atom. The van der Waals surface area contributed by atoms with Gasteiger partial charge in [0.1, 0.15) is 7.11 Å². The minimum absolute atomic E-state index is 0.667. The molecule has 2 heteroatoms. The van der Waals surface area contributed by atoms with Crippen molar-refractivity contribution < 1.29 is 4.74 Å². The Morgan fingerprint density at radius 1 is 1.20 bits per heavy atom. The first-order chi connectivity index (χ1) is 4.93. The smallest absolute Gasteiger partial charge is 0.115 e. The summed E-state index contributed by atoms with van der Waals surface area (Å²) in [5, 5.41) is 0. The van der Waals surface area contributed by atoms with E-state index in [4.69, 9.17) is 7.11 Å². The highest BCUT2D eigenvalue weighted by atomic mass is 16.5. The minimum Gasteiger partial charge on any atom is -0.371 e. The van der Waals surface area contributed by atoms with Gasteiger partial charge in [0.25, 0.3) is 0 Å². The lowest BCUT2D eigenvalue weighted by Crippen LogP contribution is -2.32. The van der Waals surface area contributed by atoms with Gasteiger partial charge in [-0.15, -0.1) is 0 Å². The SMILES string of the molecule is [CH]OCCN1CCCCC1. The second-order valence-corrected chi connectivity index (χ2v) is 2.77. The van der Waals surface area contributed by atoms with Crippen LogP contribution in [0.1, 0.15) is 19.3 Å². The summed E-state index contributed by atoms with van der Waals surface area (Å²) in [5.41, 5.74) is 0. The van der Waals surface area contributed by atoms with Crippen LogP contribution in [0, 0.1) is 7.11 Å². The van der Waals surface area contributed by atoms with Crippen LogP contribution in [0.15, 0.2) is 0 Å². The van der Waals surface area contributed by atoms with Gasteiger partial charge in [0, 0.05) is 6.54 Å². The summed E-state index contributed by atoms with van der Waals surface area (Å²) in [5.74, 6) is 0. The third kappa shape index (κ3) is 2.67. The quantitative estimate of drug-likeness (QED) is 0.584. The average Bonchev–Trinajstić information content (AvgIpc) is 2.03. The zero-order chi connectivity index (χ0) is 7.23. The maximum Gasteiger partial charge on any atom is 0.115 e. The van der Waals surface area contributed by atoms with E-state index in [9.17, 15) is 0 Å². The number of ether oxygens (including phenoxy) is 1. The molecule has 1 aliphatic rings. The molecule has 1 heterocycles. The lowest BCUT2D eigenvalue weighted by Gasteiger charge is -2.25. The van der Waals surface area contributed by atoms with E-state index in [2.05, 4.69) is 9.64 Å². The second-order valence-electron chi connectivity index (χ2n) is 2.77. The average molecular weight is 141 g/mol. The molecule has 0 atom stereocenters. The van der Waals surface area contributed by atoms with Crippen LogP contribution in [0.4, 0.5) is 0 Å². The van der Waals surface area contributed by atoms with Gasteiger partial charge < -0.3 is 9.64 Å². The molecule has 0 bridgehead atoms. The summed E-state index contributed by atoms with van der Waals surface area (Å²) in [4.78, 5) is 2.40. The molecule has 1 rings (SSSR count). The highest BCUT2D eigenvalue weighted by molar-refractivity contribution is 4.63.